The molecule has 0 atom stereocenters. The van der Waals surface area contributed by atoms with E-state index in [2.05, 4.69) is 10.3 Å². The highest BCUT2D eigenvalue weighted by Crippen LogP contribution is 2.29. The first-order valence-corrected chi connectivity index (χ1v) is 11.3. The van der Waals surface area contributed by atoms with E-state index in [9.17, 15) is 9.59 Å². The number of carbonyl (C=O) groups excluding carboxylic acids is 2. The molecule has 0 bridgehead atoms. The number of carbonyl (C=O) groups is 2. The maximum Gasteiger partial charge on any atom is 0.253 e. The zero-order valence-electron chi connectivity index (χ0n) is 17.2. The van der Waals surface area contributed by atoms with Gasteiger partial charge in [-0.3, -0.25) is 9.59 Å². The van der Waals surface area contributed by atoms with Crippen LogP contribution in [0.2, 0.25) is 10.0 Å². The number of rotatable bonds is 5. The monoisotopic (exact) mass is 469 g/mol. The first-order valence-electron chi connectivity index (χ1n) is 10.5. The lowest BCUT2D eigenvalue weighted by Gasteiger charge is -2.38. The van der Waals surface area contributed by atoms with Gasteiger partial charge in [-0.2, -0.15) is 0 Å². The normalized spacial score (nSPS) is 16.5. The predicted octanol–water partition coefficient (Wildman–Crippen LogP) is 4.07. The van der Waals surface area contributed by atoms with Gasteiger partial charge in [0.1, 0.15) is 5.69 Å². The second-order valence-corrected chi connectivity index (χ2v) is 8.99. The van der Waals surface area contributed by atoms with Gasteiger partial charge in [0.25, 0.3) is 5.91 Å². The van der Waals surface area contributed by atoms with Crippen molar-refractivity contribution < 1.29 is 9.59 Å². The quantitative estimate of drug-likeness (QED) is 0.564. The molecule has 0 aliphatic carbocycles. The summed E-state index contributed by atoms with van der Waals surface area (Å²) >= 11 is 12.1. The lowest BCUT2D eigenvalue weighted by molar-refractivity contribution is -0.128. The van der Waals surface area contributed by atoms with Crippen molar-refractivity contribution in [3.63, 3.8) is 0 Å². The SMILES string of the molecule is O=C1CCCN1Cc1cn(C2CN(C(=O)c3ccc(-c4ccc(Cl)c(Cl)c4)cc3)C2)nn1. The third-order valence-electron chi connectivity index (χ3n) is 5.99. The van der Waals surface area contributed by atoms with Gasteiger partial charge in [0.2, 0.25) is 5.91 Å². The predicted molar refractivity (Wildman–Crippen MR) is 122 cm³/mol. The Balaban J connectivity index is 1.18. The Morgan fingerprint density at radius 1 is 1.03 bits per heavy atom. The first kappa shape index (κ1) is 21.0. The molecule has 5 rings (SSSR count). The Labute approximate surface area is 195 Å². The molecule has 2 amide bonds. The van der Waals surface area contributed by atoms with Crippen molar-refractivity contribution in [3.8, 4) is 11.1 Å². The zero-order chi connectivity index (χ0) is 22.2. The molecule has 2 aliphatic heterocycles. The van der Waals surface area contributed by atoms with Gasteiger partial charge in [-0.05, 0) is 41.8 Å². The highest BCUT2D eigenvalue weighted by Gasteiger charge is 2.33. The third kappa shape index (κ3) is 4.10. The average Bonchev–Trinajstić information content (AvgIpc) is 3.38. The fourth-order valence-electron chi connectivity index (χ4n) is 4.08. The van der Waals surface area contributed by atoms with Gasteiger partial charge in [-0.15, -0.1) is 5.10 Å². The molecule has 0 spiro atoms. The smallest absolute Gasteiger partial charge is 0.253 e. The van der Waals surface area contributed by atoms with E-state index in [1.165, 1.54) is 0 Å². The van der Waals surface area contributed by atoms with Crippen LogP contribution in [0.3, 0.4) is 0 Å². The van der Waals surface area contributed by atoms with Crippen molar-refractivity contribution >= 4 is 35.0 Å². The van der Waals surface area contributed by atoms with E-state index in [0.717, 1.165) is 29.8 Å². The van der Waals surface area contributed by atoms with E-state index in [1.807, 2.05) is 47.5 Å². The van der Waals surface area contributed by atoms with Gasteiger partial charge in [0.15, 0.2) is 0 Å². The van der Waals surface area contributed by atoms with Gasteiger partial charge in [0.05, 0.1) is 28.8 Å². The molecule has 9 heteroatoms. The van der Waals surface area contributed by atoms with Gasteiger partial charge in [-0.1, -0.05) is 46.6 Å². The van der Waals surface area contributed by atoms with Crippen molar-refractivity contribution in [1.82, 2.24) is 24.8 Å². The maximum absolute atomic E-state index is 12.8. The van der Waals surface area contributed by atoms with Crippen LogP contribution in [-0.2, 0) is 11.3 Å². The van der Waals surface area contributed by atoms with Crippen LogP contribution in [0.5, 0.6) is 0 Å². The first-order chi connectivity index (χ1) is 15.5. The van der Waals surface area contributed by atoms with Crippen LogP contribution in [-0.4, -0.2) is 56.2 Å². The Bertz CT molecular complexity index is 1170. The molecule has 7 nitrogen and oxygen atoms in total. The van der Waals surface area contributed by atoms with Crippen molar-refractivity contribution in [2.75, 3.05) is 19.6 Å². The molecule has 3 heterocycles. The Morgan fingerprint density at radius 3 is 2.47 bits per heavy atom. The van der Waals surface area contributed by atoms with E-state index in [4.69, 9.17) is 23.2 Å². The van der Waals surface area contributed by atoms with Gasteiger partial charge < -0.3 is 9.80 Å². The van der Waals surface area contributed by atoms with Crippen molar-refractivity contribution in [1.29, 1.82) is 0 Å². The summed E-state index contributed by atoms with van der Waals surface area (Å²) in [6, 6.07) is 13.1. The number of amides is 2. The fraction of sp³-hybridized carbons (Fsp3) is 0.304. The van der Waals surface area contributed by atoms with Crippen molar-refractivity contribution in [2.24, 2.45) is 0 Å². The minimum Gasteiger partial charge on any atom is -0.337 e. The second kappa shape index (κ2) is 8.56. The molecule has 32 heavy (non-hydrogen) atoms. The lowest BCUT2D eigenvalue weighted by Crippen LogP contribution is -2.50. The number of benzene rings is 2. The van der Waals surface area contributed by atoms with Crippen LogP contribution >= 0.6 is 23.2 Å². The number of aromatic nitrogens is 3. The van der Waals surface area contributed by atoms with E-state index >= 15 is 0 Å². The summed E-state index contributed by atoms with van der Waals surface area (Å²) < 4.78 is 1.80. The highest BCUT2D eigenvalue weighted by atomic mass is 35.5. The molecule has 0 unspecified atom stereocenters. The molecule has 0 N–H and O–H groups in total. The molecule has 2 aromatic carbocycles. The Kier molecular flexibility index (Phi) is 5.61. The number of nitrogens with zero attached hydrogens (tertiary/aromatic N) is 5. The molecule has 0 radical (unpaired) electrons. The number of halogens is 2. The van der Waals surface area contributed by atoms with Crippen LogP contribution in [0.4, 0.5) is 0 Å². The fourth-order valence-corrected chi connectivity index (χ4v) is 4.38. The van der Waals surface area contributed by atoms with Crippen LogP contribution in [0.15, 0.2) is 48.7 Å². The van der Waals surface area contributed by atoms with E-state index in [1.54, 1.807) is 15.6 Å². The molecular formula is C23H21Cl2N5O2. The molecule has 164 valence electrons. The highest BCUT2D eigenvalue weighted by molar-refractivity contribution is 6.42. The minimum absolute atomic E-state index is 0.00931. The minimum atomic E-state index is -0.00931. The summed E-state index contributed by atoms with van der Waals surface area (Å²) in [6.45, 7) is 2.44. The topological polar surface area (TPSA) is 71.3 Å². The molecular weight excluding hydrogens is 449 g/mol. The van der Waals surface area contributed by atoms with Gasteiger partial charge in [0, 0.05) is 31.6 Å². The molecule has 3 aromatic rings. The number of hydrogen-bond donors (Lipinski definition) is 0. The lowest BCUT2D eigenvalue weighted by atomic mass is 10.0. The third-order valence-corrected chi connectivity index (χ3v) is 6.73. The average molecular weight is 470 g/mol. The van der Waals surface area contributed by atoms with Crippen LogP contribution < -0.4 is 0 Å². The summed E-state index contributed by atoms with van der Waals surface area (Å²) in [7, 11) is 0. The van der Waals surface area contributed by atoms with Crippen molar-refractivity contribution in [2.45, 2.75) is 25.4 Å². The van der Waals surface area contributed by atoms with Gasteiger partial charge in [-0.25, -0.2) is 4.68 Å². The molecule has 2 saturated heterocycles. The summed E-state index contributed by atoms with van der Waals surface area (Å²) in [5, 5.41) is 9.41. The largest absolute Gasteiger partial charge is 0.337 e. The molecule has 2 fully saturated rings. The van der Waals surface area contributed by atoms with Crippen LogP contribution in [0, 0.1) is 0 Å². The number of hydrogen-bond acceptors (Lipinski definition) is 4. The second-order valence-electron chi connectivity index (χ2n) is 8.18. The Morgan fingerprint density at radius 2 is 1.78 bits per heavy atom. The van der Waals surface area contributed by atoms with Crippen LogP contribution in [0.25, 0.3) is 11.1 Å². The maximum atomic E-state index is 12.8. The van der Waals surface area contributed by atoms with Gasteiger partial charge >= 0.3 is 0 Å². The van der Waals surface area contributed by atoms with E-state index < -0.39 is 0 Å². The zero-order valence-corrected chi connectivity index (χ0v) is 18.8. The molecule has 1 aromatic heterocycles. The molecule has 0 saturated carbocycles. The summed E-state index contributed by atoms with van der Waals surface area (Å²) in [5.74, 6) is 0.162. The number of likely N-dealkylation sites (tertiary alicyclic amines) is 2. The summed E-state index contributed by atoms with van der Waals surface area (Å²) in [4.78, 5) is 28.2. The summed E-state index contributed by atoms with van der Waals surface area (Å²) in [6.07, 6.45) is 3.40. The molecule has 2 aliphatic rings. The van der Waals surface area contributed by atoms with E-state index in [0.29, 0.717) is 41.7 Å². The van der Waals surface area contributed by atoms with Crippen molar-refractivity contribution in [3.05, 3.63) is 70.0 Å². The van der Waals surface area contributed by atoms with E-state index in [-0.39, 0.29) is 17.9 Å². The van der Waals surface area contributed by atoms with Crippen LogP contribution in [0.1, 0.15) is 34.9 Å². The summed E-state index contributed by atoms with van der Waals surface area (Å²) in [5.41, 5.74) is 3.33. The Hall–Kier alpha value is -2.90. The standard InChI is InChI=1S/C23H21Cl2N5O2/c24-20-8-7-17(10-21(20)25)15-3-5-16(6-4-15)23(32)29-13-19(14-29)30-12-18(26-27-30)11-28-9-1-2-22(28)31/h3-8,10,12,19H,1-2,9,11,13-14H2.